The maximum atomic E-state index is 6.77. The molecule has 0 saturated carbocycles. The highest BCUT2D eigenvalue weighted by atomic mass is 32.1. The van der Waals surface area contributed by atoms with Crippen LogP contribution in [0.3, 0.4) is 0 Å². The van der Waals surface area contributed by atoms with E-state index in [-0.39, 0.29) is 0 Å². The fourth-order valence-corrected chi connectivity index (χ4v) is 8.72. The van der Waals surface area contributed by atoms with Gasteiger partial charge in [-0.1, -0.05) is 115 Å². The van der Waals surface area contributed by atoms with Gasteiger partial charge in [0, 0.05) is 64.1 Å². The van der Waals surface area contributed by atoms with Gasteiger partial charge in [-0.3, -0.25) is 0 Å². The lowest BCUT2D eigenvalue weighted by Crippen LogP contribution is -2.00. The van der Waals surface area contributed by atoms with Crippen molar-refractivity contribution < 1.29 is 4.42 Å². The van der Waals surface area contributed by atoms with Crippen molar-refractivity contribution in [3.05, 3.63) is 158 Å². The summed E-state index contributed by atoms with van der Waals surface area (Å²) in [6.45, 7) is 0. The highest BCUT2D eigenvalue weighted by Gasteiger charge is 2.21. The Bertz CT molecular complexity index is 3030. The van der Waals surface area contributed by atoms with Crippen molar-refractivity contribution in [2.24, 2.45) is 0 Å². The fraction of sp³-hybridized carbons (Fsp3) is 0. The minimum atomic E-state index is 0.613. The predicted octanol–water partition coefficient (Wildman–Crippen LogP) is 12.2. The quantitative estimate of drug-likeness (QED) is 0.187. The van der Waals surface area contributed by atoms with Crippen molar-refractivity contribution in [3.8, 4) is 39.9 Å². The molecule has 0 aliphatic carbocycles. The van der Waals surface area contributed by atoms with Gasteiger partial charge in [0.05, 0.1) is 11.0 Å². The molecule has 0 fully saturated rings. The first-order chi connectivity index (χ1) is 25.3. The van der Waals surface area contributed by atoms with Gasteiger partial charge in [0.25, 0.3) is 0 Å². The lowest BCUT2D eigenvalue weighted by Gasteiger charge is -2.09. The molecule has 0 spiro atoms. The van der Waals surface area contributed by atoms with Crippen molar-refractivity contribution in [1.29, 1.82) is 0 Å². The normalized spacial score (nSPS) is 11.9. The van der Waals surface area contributed by atoms with Gasteiger partial charge < -0.3 is 8.98 Å². The number of fused-ring (bicyclic) bond motifs is 10. The van der Waals surface area contributed by atoms with Gasteiger partial charge in [-0.15, -0.1) is 11.3 Å². The monoisotopic (exact) mass is 670 g/mol. The summed E-state index contributed by atoms with van der Waals surface area (Å²) in [4.78, 5) is 15.0. The van der Waals surface area contributed by atoms with Crippen LogP contribution in [0.1, 0.15) is 0 Å². The standard InChI is InChI=1S/C45H26N4OS/c1-3-12-27(13-4-1)43-46-44(28-14-5-2-6-15-28)48-45(47-43)34-18-11-21-37-40(34)33-24-25-38-41(42(33)50-37)32-23-22-29(26-39(32)51-38)49-35-19-9-7-16-30(35)31-17-8-10-20-36(31)49/h1-26H. The van der Waals surface area contributed by atoms with E-state index in [1.54, 1.807) is 11.3 Å². The van der Waals surface area contributed by atoms with Crippen LogP contribution in [-0.4, -0.2) is 19.5 Å². The van der Waals surface area contributed by atoms with Crippen molar-refractivity contribution in [3.63, 3.8) is 0 Å². The molecule has 0 bridgehead atoms. The average Bonchev–Trinajstić information content (AvgIpc) is 3.87. The van der Waals surface area contributed by atoms with Crippen LogP contribution in [0.2, 0.25) is 0 Å². The number of para-hydroxylation sites is 2. The topological polar surface area (TPSA) is 56.7 Å². The van der Waals surface area contributed by atoms with Crippen LogP contribution in [0.4, 0.5) is 0 Å². The molecule has 6 heteroatoms. The Kier molecular flexibility index (Phi) is 6.05. The Morgan fingerprint density at radius 1 is 0.451 bits per heavy atom. The molecule has 51 heavy (non-hydrogen) atoms. The molecule has 7 aromatic carbocycles. The Morgan fingerprint density at radius 2 is 1.06 bits per heavy atom. The van der Waals surface area contributed by atoms with E-state index in [1.807, 2.05) is 72.8 Å². The molecule has 0 saturated heterocycles. The first-order valence-corrected chi connectivity index (χ1v) is 17.8. The number of nitrogens with zero attached hydrogens (tertiary/aromatic N) is 4. The van der Waals surface area contributed by atoms with Gasteiger partial charge in [-0.05, 0) is 42.5 Å². The SMILES string of the molecule is c1ccc(-c2nc(-c3ccccc3)nc(-c3cccc4oc5c(ccc6sc7cc(-n8c9ccccc9c9ccccc98)ccc7c65)c34)n2)cc1. The number of thiophene rings is 1. The van der Waals surface area contributed by atoms with Gasteiger partial charge >= 0.3 is 0 Å². The molecule has 4 aromatic heterocycles. The lowest BCUT2D eigenvalue weighted by atomic mass is 10.0. The van der Waals surface area contributed by atoms with Crippen molar-refractivity contribution in [2.75, 3.05) is 0 Å². The third-order valence-electron chi connectivity index (χ3n) is 9.86. The van der Waals surface area contributed by atoms with Gasteiger partial charge in [0.15, 0.2) is 17.5 Å². The van der Waals surface area contributed by atoms with Crippen LogP contribution in [0.25, 0.3) is 104 Å². The summed E-state index contributed by atoms with van der Waals surface area (Å²) < 4.78 is 11.6. The number of aromatic nitrogens is 4. The molecule has 0 N–H and O–H groups in total. The van der Waals surface area contributed by atoms with Crippen LogP contribution in [0.15, 0.2) is 162 Å². The number of benzene rings is 7. The summed E-state index contributed by atoms with van der Waals surface area (Å²) >= 11 is 1.80. The summed E-state index contributed by atoms with van der Waals surface area (Å²) in [6.07, 6.45) is 0. The van der Waals surface area contributed by atoms with Crippen LogP contribution in [0.5, 0.6) is 0 Å². The third-order valence-corrected chi connectivity index (χ3v) is 11.0. The van der Waals surface area contributed by atoms with E-state index in [0.29, 0.717) is 17.5 Å². The van der Waals surface area contributed by atoms with Gasteiger partial charge in [-0.25, -0.2) is 15.0 Å². The molecule has 238 valence electrons. The zero-order chi connectivity index (χ0) is 33.5. The maximum absolute atomic E-state index is 6.77. The van der Waals surface area contributed by atoms with Crippen LogP contribution >= 0.6 is 11.3 Å². The maximum Gasteiger partial charge on any atom is 0.164 e. The van der Waals surface area contributed by atoms with Crippen LogP contribution in [-0.2, 0) is 0 Å². The first-order valence-electron chi connectivity index (χ1n) is 16.9. The van der Waals surface area contributed by atoms with Crippen LogP contribution in [0, 0.1) is 0 Å². The van der Waals surface area contributed by atoms with Crippen LogP contribution < -0.4 is 0 Å². The van der Waals surface area contributed by atoms with Gasteiger partial charge in [-0.2, -0.15) is 0 Å². The molecule has 0 unspecified atom stereocenters. The Balaban J connectivity index is 1.12. The summed E-state index contributed by atoms with van der Waals surface area (Å²) in [5.74, 6) is 1.88. The summed E-state index contributed by atoms with van der Waals surface area (Å²) in [7, 11) is 0. The zero-order valence-electron chi connectivity index (χ0n) is 27.1. The molecule has 11 aromatic rings. The highest BCUT2D eigenvalue weighted by Crippen LogP contribution is 2.45. The summed E-state index contributed by atoms with van der Waals surface area (Å²) in [6, 6.07) is 54.8. The molecule has 4 heterocycles. The van der Waals surface area contributed by atoms with Gasteiger partial charge in [0.1, 0.15) is 11.2 Å². The van der Waals surface area contributed by atoms with E-state index in [2.05, 4.69) is 89.5 Å². The second kappa shape index (κ2) is 10.9. The van der Waals surface area contributed by atoms with Crippen molar-refractivity contribution in [2.45, 2.75) is 0 Å². The molecule has 0 amide bonds. The van der Waals surface area contributed by atoms with E-state index in [0.717, 1.165) is 49.7 Å². The zero-order valence-corrected chi connectivity index (χ0v) is 27.9. The van der Waals surface area contributed by atoms with E-state index in [9.17, 15) is 0 Å². The Hall–Kier alpha value is -6.63. The predicted molar refractivity (Wildman–Crippen MR) is 211 cm³/mol. The van der Waals surface area contributed by atoms with E-state index in [1.165, 1.54) is 36.6 Å². The Morgan fingerprint density at radius 3 is 1.75 bits per heavy atom. The largest absolute Gasteiger partial charge is 0.455 e. The molecule has 0 radical (unpaired) electrons. The minimum Gasteiger partial charge on any atom is -0.455 e. The third kappa shape index (κ3) is 4.30. The van der Waals surface area contributed by atoms with Crippen molar-refractivity contribution >= 4 is 75.3 Å². The summed E-state index contributed by atoms with van der Waals surface area (Å²) in [5, 5.41) is 6.88. The molecule has 5 nitrogen and oxygen atoms in total. The number of hydrogen-bond acceptors (Lipinski definition) is 5. The molecular formula is C45H26N4OS. The lowest BCUT2D eigenvalue weighted by molar-refractivity contribution is 0.673. The van der Waals surface area contributed by atoms with Crippen molar-refractivity contribution in [1.82, 2.24) is 19.5 Å². The molecule has 0 aliphatic heterocycles. The second-order valence-corrected chi connectivity index (χ2v) is 13.9. The highest BCUT2D eigenvalue weighted by molar-refractivity contribution is 7.26. The first kappa shape index (κ1) is 28.2. The minimum absolute atomic E-state index is 0.613. The molecule has 0 atom stereocenters. The Labute approximate surface area is 295 Å². The van der Waals surface area contributed by atoms with E-state index < -0.39 is 0 Å². The summed E-state index contributed by atoms with van der Waals surface area (Å²) in [5.41, 5.74) is 8.03. The fourth-order valence-electron chi connectivity index (χ4n) is 7.59. The van der Waals surface area contributed by atoms with E-state index in [4.69, 9.17) is 19.4 Å². The number of hydrogen-bond donors (Lipinski definition) is 0. The van der Waals surface area contributed by atoms with Gasteiger partial charge in [0.2, 0.25) is 0 Å². The van der Waals surface area contributed by atoms with E-state index >= 15 is 0 Å². The smallest absolute Gasteiger partial charge is 0.164 e. The molecular weight excluding hydrogens is 645 g/mol. The molecule has 11 rings (SSSR count). The number of rotatable bonds is 4. The second-order valence-electron chi connectivity index (χ2n) is 12.8. The average molecular weight is 671 g/mol. The number of furan rings is 1. The molecule has 0 aliphatic rings.